The minimum absolute atomic E-state index is 0.0398. The van der Waals surface area contributed by atoms with E-state index in [4.69, 9.17) is 78.7 Å². The van der Waals surface area contributed by atoms with Gasteiger partial charge in [-0.3, -0.25) is 0 Å². The summed E-state index contributed by atoms with van der Waals surface area (Å²) in [6.07, 6.45) is 0. The van der Waals surface area contributed by atoms with Crippen molar-refractivity contribution in [3.05, 3.63) is 291 Å². The first-order valence-electron chi connectivity index (χ1n) is 35.6. The van der Waals surface area contributed by atoms with Gasteiger partial charge in [-0.25, -0.2) is 0 Å². The van der Waals surface area contributed by atoms with Crippen molar-refractivity contribution in [3.63, 3.8) is 0 Å². The number of aliphatic hydroxyl groups excluding tert-OH is 8. The highest BCUT2D eigenvalue weighted by Crippen LogP contribution is 2.41. The first kappa shape index (κ1) is 81.8. The maximum atomic E-state index is 9.17. The molecule has 0 heterocycles. The second-order valence-corrected chi connectivity index (χ2v) is 34.1. The fourth-order valence-corrected chi connectivity index (χ4v) is 21.0. The summed E-state index contributed by atoms with van der Waals surface area (Å²) in [4.78, 5) is 18.2. The van der Waals surface area contributed by atoms with Crippen LogP contribution in [0.25, 0.3) is 0 Å². The van der Waals surface area contributed by atoms with Gasteiger partial charge in [-0.05, 0) is 291 Å². The molecule has 8 N–H and O–H groups in total. The normalized spacial score (nSPS) is 11.2. The molecule has 0 saturated heterocycles. The van der Waals surface area contributed by atoms with E-state index in [9.17, 15) is 0 Å². The summed E-state index contributed by atoms with van der Waals surface area (Å²) in [6.45, 7) is 1.65. The Morgan fingerprint density at radius 3 is 0.355 bits per heavy atom. The first-order chi connectivity index (χ1) is 54.2. The van der Waals surface area contributed by atoms with Gasteiger partial charge in [0.25, 0.3) is 0 Å². The third-order valence-electron chi connectivity index (χ3n) is 16.1. The van der Waals surface area contributed by atoms with Crippen LogP contribution in [0, 0.1) is 0 Å². The number of rotatable bonds is 40. The van der Waals surface area contributed by atoms with E-state index in [1.54, 1.807) is 23.5 Å². The molecule has 12 aromatic rings. The molecule has 0 fully saturated rings. The van der Waals surface area contributed by atoms with Gasteiger partial charge in [0.15, 0.2) is 58.7 Å². The zero-order valence-electron chi connectivity index (χ0n) is 60.3. The Hall–Kier alpha value is -9.18. The lowest BCUT2D eigenvalue weighted by Gasteiger charge is -2.12. The summed E-state index contributed by atoms with van der Waals surface area (Å²) in [5.41, 5.74) is 0. The molecule has 0 aliphatic rings. The highest BCUT2D eigenvalue weighted by atomic mass is 32.2. The van der Waals surface area contributed by atoms with E-state index in [1.807, 2.05) is 97.1 Å². The van der Waals surface area contributed by atoms with Gasteiger partial charge in [-0.1, -0.05) is 23.5 Å². The van der Waals surface area contributed by atoms with Crippen molar-refractivity contribution < 1.29 is 78.7 Å². The van der Waals surface area contributed by atoms with Crippen LogP contribution in [0.1, 0.15) is 0 Å². The lowest BCUT2D eigenvalue weighted by Crippen LogP contribution is -2.06. The van der Waals surface area contributed by atoms with E-state index in [0.29, 0.717) is 46.0 Å². The number of aliphatic hydroxyl groups is 8. The smallest absolute Gasteiger partial charge is 0.166 e. The van der Waals surface area contributed by atoms with Gasteiger partial charge < -0.3 is 78.7 Å². The van der Waals surface area contributed by atoms with Crippen molar-refractivity contribution >= 4 is 67.1 Å². The van der Waals surface area contributed by atoms with Crippen molar-refractivity contribution in [1.29, 1.82) is 0 Å². The van der Waals surface area contributed by atoms with Crippen LogP contribution in [0.4, 0.5) is 0 Å². The average molecular weight is 1590 g/mol. The molecule has 0 aliphatic heterocycles. The third-order valence-corrected chi connectivity index (χ3v) is 27.0. The molecule has 0 unspecified atom stereocenters. The molecule has 0 saturated carbocycles. The highest BCUT2D eigenvalue weighted by Gasteiger charge is 2.34. The van der Waals surface area contributed by atoms with E-state index in [-0.39, 0.29) is 106 Å². The Morgan fingerprint density at radius 1 is 0.155 bits per heavy atom. The summed E-state index contributed by atoms with van der Waals surface area (Å²) < 4.78 is 44.9. The van der Waals surface area contributed by atoms with Crippen molar-refractivity contribution in [1.82, 2.24) is 0 Å². The van der Waals surface area contributed by atoms with Crippen molar-refractivity contribution in [3.8, 4) is 46.0 Å². The first-order valence-corrected chi connectivity index (χ1v) is 42.1. The topological polar surface area (TPSA) is 236 Å². The number of ether oxygens (including phenoxy) is 8. The molecule has 0 aliphatic carbocycles. The summed E-state index contributed by atoms with van der Waals surface area (Å²) in [6, 6.07) is 99.0. The van der Waals surface area contributed by atoms with Gasteiger partial charge in [0.2, 0.25) is 0 Å². The predicted molar refractivity (Wildman–Crippen MR) is 435 cm³/mol. The summed E-state index contributed by atoms with van der Waals surface area (Å²) >= 11 is 3.42. The largest absolute Gasteiger partial charge is 0.491 e. The van der Waals surface area contributed by atoms with Crippen molar-refractivity contribution in [2.45, 2.75) is 78.3 Å². The molecule has 0 bridgehead atoms. The molecule has 0 radical (unpaired) electrons. The lowest BCUT2D eigenvalue weighted by molar-refractivity contribution is 0.201. The van der Waals surface area contributed by atoms with E-state index in [1.165, 1.54) is 0 Å². The van der Waals surface area contributed by atoms with Gasteiger partial charge in [0, 0.05) is 19.6 Å². The molecule has 12 rings (SSSR count). The predicted octanol–water partition coefficient (Wildman–Crippen LogP) is 15.0. The molecular weight excluding hydrogens is 1510 g/mol. The Labute approximate surface area is 662 Å². The Balaban J connectivity index is 0.000000218. The summed E-state index contributed by atoms with van der Waals surface area (Å²) in [7, 11) is -1.62. The third kappa shape index (κ3) is 23.9. The van der Waals surface area contributed by atoms with Crippen LogP contribution in [0.2, 0.25) is 0 Å². The van der Waals surface area contributed by atoms with Gasteiger partial charge >= 0.3 is 0 Å². The lowest BCUT2D eigenvalue weighted by atomic mass is 10.3. The fraction of sp³-hybridized carbons (Fsp3) is 0.182. The van der Waals surface area contributed by atoms with E-state index < -0.39 is 43.6 Å². The standard InChI is InChI=1S/2C44H44O8S3/c2*45-25-29-49-33-1-13-39(14-2-33)54(40-15-3-34(4-16-40)50-30-26-46)43-21-9-37(10-22-43)53-38-11-23-44(24-12-38)55(41-17-5-35(6-18-41)51-31-27-47)42-19-7-36(8-20-42)52-32-28-48/h2*1-24,45-48H,25-32H2/q2*+2. The number of hydrogen-bond donors (Lipinski definition) is 8. The van der Waals surface area contributed by atoms with Gasteiger partial charge in [-0.2, -0.15) is 0 Å². The monoisotopic (exact) mass is 1590 g/mol. The molecule has 12 aromatic carbocycles. The van der Waals surface area contributed by atoms with Crippen LogP contribution >= 0.6 is 23.5 Å². The summed E-state index contributed by atoms with van der Waals surface area (Å²) in [5, 5.41) is 73.3. The maximum absolute atomic E-state index is 9.17. The molecule has 0 spiro atoms. The Bertz CT molecular complexity index is 3810. The Kier molecular flexibility index (Phi) is 32.7. The van der Waals surface area contributed by atoms with Crippen LogP contribution in [-0.4, -0.2) is 147 Å². The molecule has 0 amide bonds. The highest BCUT2D eigenvalue weighted by molar-refractivity contribution is 8.00. The van der Waals surface area contributed by atoms with Crippen LogP contribution in [-0.2, 0) is 43.6 Å². The second-order valence-electron chi connectivity index (χ2n) is 23.7. The van der Waals surface area contributed by atoms with Crippen LogP contribution < -0.4 is 37.9 Å². The van der Waals surface area contributed by atoms with Gasteiger partial charge in [0.05, 0.1) is 96.4 Å². The minimum Gasteiger partial charge on any atom is -0.491 e. The maximum Gasteiger partial charge on any atom is 0.166 e. The molecule has 0 aromatic heterocycles. The van der Waals surface area contributed by atoms with Crippen molar-refractivity contribution in [2.24, 2.45) is 0 Å². The van der Waals surface area contributed by atoms with Crippen molar-refractivity contribution in [2.75, 3.05) is 106 Å². The molecule has 22 heteroatoms. The number of hydrogen-bond acceptors (Lipinski definition) is 18. The quantitative estimate of drug-likeness (QED) is 0.0167. The SMILES string of the molecule is OCCOc1ccc([S+](c2ccc(OCCO)cc2)c2ccc(Sc3ccc([S+](c4ccc(OCCO)cc4)c4ccc(OCCO)cc4)cc3)cc2)cc1.OCCOc1ccc([S+](c2ccc(OCCO)cc2)c2ccc(Sc3ccc([S+](c4ccc(OCCO)cc4)c4ccc(OCCO)cc4)cc3)cc2)cc1. The molecular formula is C88H88O16S6+4. The van der Waals surface area contributed by atoms with Crippen LogP contribution in [0.3, 0.4) is 0 Å². The molecule has 0 atom stereocenters. The van der Waals surface area contributed by atoms with Crippen LogP contribution in [0.5, 0.6) is 46.0 Å². The zero-order chi connectivity index (χ0) is 76.5. The van der Waals surface area contributed by atoms with Gasteiger partial charge in [0.1, 0.15) is 98.9 Å². The average Bonchev–Trinajstić information content (AvgIpc) is 0.822. The van der Waals surface area contributed by atoms with Gasteiger partial charge in [-0.15, -0.1) is 0 Å². The van der Waals surface area contributed by atoms with E-state index in [2.05, 4.69) is 194 Å². The fourth-order valence-electron chi connectivity index (χ4n) is 11.2. The number of benzene rings is 12. The Morgan fingerprint density at radius 2 is 0.255 bits per heavy atom. The molecule has 110 heavy (non-hydrogen) atoms. The van der Waals surface area contributed by atoms with E-state index in [0.717, 1.165) is 78.3 Å². The minimum atomic E-state index is -0.405. The zero-order valence-corrected chi connectivity index (χ0v) is 65.2. The van der Waals surface area contributed by atoms with E-state index >= 15 is 0 Å². The van der Waals surface area contributed by atoms with Crippen LogP contribution in [0.15, 0.2) is 370 Å². The molecule has 16 nitrogen and oxygen atoms in total. The second kappa shape index (κ2) is 44.0. The summed E-state index contributed by atoms with van der Waals surface area (Å²) in [5.74, 6) is 5.68. The molecule has 568 valence electrons.